The van der Waals surface area contributed by atoms with Crippen LogP contribution < -0.4 is 5.48 Å². The number of aromatic nitrogens is 1. The number of rotatable bonds is 5. The van der Waals surface area contributed by atoms with E-state index in [-0.39, 0.29) is 0 Å². The van der Waals surface area contributed by atoms with E-state index >= 15 is 0 Å². The largest absolute Gasteiger partial charge is 0.279 e. The number of pyridine rings is 1. The van der Waals surface area contributed by atoms with Crippen molar-refractivity contribution in [1.82, 2.24) is 10.5 Å². The Morgan fingerprint density at radius 2 is 1.50 bits per heavy atom. The molecule has 3 rings (SSSR count). The standard InChI is InChI=1S/C21H20N2O/c1-3-19(23-24-2)20-15-14-18(16-10-6-4-7-11-16)21(22-20)17-12-8-5-9-13-17/h3-15,23H,1-2H3. The molecule has 0 saturated carbocycles. The van der Waals surface area contributed by atoms with E-state index in [0.29, 0.717) is 0 Å². The Morgan fingerprint density at radius 1 is 0.875 bits per heavy atom. The van der Waals surface area contributed by atoms with Crippen molar-refractivity contribution in [3.63, 3.8) is 0 Å². The molecule has 0 radical (unpaired) electrons. The van der Waals surface area contributed by atoms with Gasteiger partial charge in [0.05, 0.1) is 24.2 Å². The van der Waals surface area contributed by atoms with Gasteiger partial charge in [0.25, 0.3) is 0 Å². The third kappa shape index (κ3) is 3.36. The van der Waals surface area contributed by atoms with Gasteiger partial charge in [-0.15, -0.1) is 0 Å². The second kappa shape index (κ2) is 7.57. The molecule has 0 bridgehead atoms. The lowest BCUT2D eigenvalue weighted by atomic mass is 9.98. The van der Waals surface area contributed by atoms with Crippen LogP contribution in [0.5, 0.6) is 0 Å². The summed E-state index contributed by atoms with van der Waals surface area (Å²) < 4.78 is 0. The Labute approximate surface area is 142 Å². The predicted octanol–water partition coefficient (Wildman–Crippen LogP) is 4.93. The molecule has 0 saturated heterocycles. The van der Waals surface area contributed by atoms with Crippen LogP contribution in [0.2, 0.25) is 0 Å². The fraction of sp³-hybridized carbons (Fsp3) is 0.0952. The maximum atomic E-state index is 5.05. The summed E-state index contributed by atoms with van der Waals surface area (Å²) in [6.07, 6.45) is 1.95. The summed E-state index contributed by atoms with van der Waals surface area (Å²) in [5, 5.41) is 0. The molecule has 0 atom stereocenters. The van der Waals surface area contributed by atoms with Gasteiger partial charge >= 0.3 is 0 Å². The van der Waals surface area contributed by atoms with E-state index in [1.54, 1.807) is 7.11 Å². The summed E-state index contributed by atoms with van der Waals surface area (Å²) >= 11 is 0. The van der Waals surface area contributed by atoms with Crippen LogP contribution in [0, 0.1) is 0 Å². The maximum Gasteiger partial charge on any atom is 0.0888 e. The van der Waals surface area contributed by atoms with Crippen molar-refractivity contribution < 1.29 is 4.84 Å². The van der Waals surface area contributed by atoms with Crippen LogP contribution in [-0.2, 0) is 4.84 Å². The summed E-state index contributed by atoms with van der Waals surface area (Å²) in [7, 11) is 1.60. The molecule has 3 heteroatoms. The SMILES string of the molecule is CC=C(NOC)c1ccc(-c2ccccc2)c(-c2ccccc2)n1. The molecule has 0 amide bonds. The Kier molecular flexibility index (Phi) is 5.04. The van der Waals surface area contributed by atoms with Crippen LogP contribution in [0.15, 0.2) is 78.9 Å². The lowest BCUT2D eigenvalue weighted by Crippen LogP contribution is -2.11. The average Bonchev–Trinajstić information content (AvgIpc) is 2.67. The van der Waals surface area contributed by atoms with Crippen LogP contribution in [0.25, 0.3) is 28.1 Å². The summed E-state index contributed by atoms with van der Waals surface area (Å²) in [6, 6.07) is 24.7. The van der Waals surface area contributed by atoms with Crippen molar-refractivity contribution in [2.24, 2.45) is 0 Å². The first-order valence-electron chi connectivity index (χ1n) is 7.91. The first-order valence-corrected chi connectivity index (χ1v) is 7.91. The summed E-state index contributed by atoms with van der Waals surface area (Å²) in [5.74, 6) is 0. The van der Waals surface area contributed by atoms with Gasteiger partial charge in [0.2, 0.25) is 0 Å². The number of hydrogen-bond acceptors (Lipinski definition) is 3. The minimum absolute atomic E-state index is 0.842. The highest BCUT2D eigenvalue weighted by atomic mass is 16.6. The summed E-state index contributed by atoms with van der Waals surface area (Å²) in [5.41, 5.74) is 8.88. The first-order chi connectivity index (χ1) is 11.8. The Bertz CT molecular complexity index is 827. The monoisotopic (exact) mass is 316 g/mol. The van der Waals surface area contributed by atoms with Crippen LogP contribution in [0.4, 0.5) is 0 Å². The Morgan fingerprint density at radius 3 is 2.08 bits per heavy atom. The summed E-state index contributed by atoms with van der Waals surface area (Å²) in [4.78, 5) is 9.95. The Balaban J connectivity index is 2.17. The molecule has 3 aromatic rings. The minimum atomic E-state index is 0.842. The lowest BCUT2D eigenvalue weighted by Gasteiger charge is -2.14. The predicted molar refractivity (Wildman–Crippen MR) is 98.9 cm³/mol. The summed E-state index contributed by atoms with van der Waals surface area (Å²) in [6.45, 7) is 1.95. The number of hydrogen-bond donors (Lipinski definition) is 1. The van der Waals surface area contributed by atoms with Crippen molar-refractivity contribution in [2.45, 2.75) is 6.92 Å². The van der Waals surface area contributed by atoms with Gasteiger partial charge in [0.1, 0.15) is 0 Å². The fourth-order valence-corrected chi connectivity index (χ4v) is 2.64. The van der Waals surface area contributed by atoms with E-state index in [2.05, 4.69) is 35.8 Å². The molecule has 0 fully saturated rings. The fourth-order valence-electron chi connectivity index (χ4n) is 2.64. The molecule has 3 nitrogen and oxygen atoms in total. The normalized spacial score (nSPS) is 11.3. The molecule has 0 aliphatic heterocycles. The van der Waals surface area contributed by atoms with E-state index in [4.69, 9.17) is 9.82 Å². The second-order valence-electron chi connectivity index (χ2n) is 5.33. The van der Waals surface area contributed by atoms with Crippen molar-refractivity contribution in [3.8, 4) is 22.4 Å². The quantitative estimate of drug-likeness (QED) is 0.678. The zero-order chi connectivity index (χ0) is 16.8. The molecule has 24 heavy (non-hydrogen) atoms. The van der Waals surface area contributed by atoms with Crippen LogP contribution in [0.3, 0.4) is 0 Å². The molecular formula is C21H20N2O. The highest BCUT2D eigenvalue weighted by molar-refractivity contribution is 5.82. The van der Waals surface area contributed by atoms with Crippen LogP contribution >= 0.6 is 0 Å². The third-order valence-corrected chi connectivity index (χ3v) is 3.80. The molecule has 0 spiro atoms. The molecule has 0 aliphatic carbocycles. The topological polar surface area (TPSA) is 34.1 Å². The van der Waals surface area contributed by atoms with Gasteiger partial charge in [-0.05, 0) is 24.6 Å². The maximum absolute atomic E-state index is 5.05. The smallest absolute Gasteiger partial charge is 0.0888 e. The van der Waals surface area contributed by atoms with Crippen LogP contribution in [-0.4, -0.2) is 12.1 Å². The van der Waals surface area contributed by atoms with Gasteiger partial charge in [-0.3, -0.25) is 10.3 Å². The highest BCUT2D eigenvalue weighted by Crippen LogP contribution is 2.31. The number of nitrogens with zero attached hydrogens (tertiary/aromatic N) is 1. The molecule has 0 unspecified atom stereocenters. The molecule has 1 heterocycles. The van der Waals surface area contributed by atoms with Crippen molar-refractivity contribution in [3.05, 3.63) is 84.6 Å². The second-order valence-corrected chi connectivity index (χ2v) is 5.33. The van der Waals surface area contributed by atoms with Gasteiger partial charge in [0.15, 0.2) is 0 Å². The first kappa shape index (κ1) is 16.0. The number of nitrogens with one attached hydrogen (secondary N) is 1. The molecule has 120 valence electrons. The van der Waals surface area contributed by atoms with Gasteiger partial charge in [-0.25, -0.2) is 4.98 Å². The molecule has 1 aromatic heterocycles. The van der Waals surface area contributed by atoms with E-state index in [1.165, 1.54) is 0 Å². The van der Waals surface area contributed by atoms with E-state index in [0.717, 1.165) is 33.8 Å². The highest BCUT2D eigenvalue weighted by Gasteiger charge is 2.12. The van der Waals surface area contributed by atoms with Crippen LogP contribution in [0.1, 0.15) is 12.6 Å². The van der Waals surface area contributed by atoms with Crippen molar-refractivity contribution in [1.29, 1.82) is 0 Å². The van der Waals surface area contributed by atoms with Gasteiger partial charge in [-0.1, -0.05) is 66.7 Å². The number of benzene rings is 2. The third-order valence-electron chi connectivity index (χ3n) is 3.80. The lowest BCUT2D eigenvalue weighted by molar-refractivity contribution is 0.136. The van der Waals surface area contributed by atoms with Gasteiger partial charge in [0, 0.05) is 11.1 Å². The van der Waals surface area contributed by atoms with E-state index < -0.39 is 0 Å². The zero-order valence-electron chi connectivity index (χ0n) is 13.9. The average molecular weight is 316 g/mol. The van der Waals surface area contributed by atoms with Crippen molar-refractivity contribution >= 4 is 5.70 Å². The van der Waals surface area contributed by atoms with Crippen molar-refractivity contribution in [2.75, 3.05) is 7.11 Å². The number of hydroxylamine groups is 1. The van der Waals surface area contributed by atoms with E-state index in [1.807, 2.05) is 55.5 Å². The molecule has 2 aromatic carbocycles. The van der Waals surface area contributed by atoms with E-state index in [9.17, 15) is 0 Å². The zero-order valence-corrected chi connectivity index (χ0v) is 13.9. The molecular weight excluding hydrogens is 296 g/mol. The molecule has 1 N–H and O–H groups in total. The van der Waals surface area contributed by atoms with Gasteiger partial charge in [-0.2, -0.15) is 0 Å². The number of allylic oxidation sites excluding steroid dienone is 1. The Hall–Kier alpha value is -2.91. The van der Waals surface area contributed by atoms with Gasteiger partial charge < -0.3 is 0 Å². The molecule has 0 aliphatic rings. The minimum Gasteiger partial charge on any atom is -0.279 e.